The summed E-state index contributed by atoms with van der Waals surface area (Å²) < 4.78 is 17.8. The van der Waals surface area contributed by atoms with Gasteiger partial charge < -0.3 is 46.1 Å². The maximum Gasteiger partial charge on any atom is 1.00 e. The number of hydrogen-bond donors (Lipinski definition) is 9. The predicted octanol–water partition coefficient (Wildman–Crippen LogP) is -6.41. The van der Waals surface area contributed by atoms with E-state index in [1.54, 1.807) is 0 Å². The van der Waals surface area contributed by atoms with Crippen LogP contribution in [0.15, 0.2) is 0 Å². The number of aliphatic hydroxyl groups is 3. The van der Waals surface area contributed by atoms with E-state index in [4.69, 9.17) is 53.8 Å². The van der Waals surface area contributed by atoms with Gasteiger partial charge in [-0.25, -0.2) is 9.13 Å². The van der Waals surface area contributed by atoms with Crippen LogP contribution < -0.4 is 51.4 Å². The molecule has 0 saturated heterocycles. The summed E-state index contributed by atoms with van der Waals surface area (Å²) in [6, 6.07) is 0. The smallest absolute Gasteiger partial charge is 1.00 e. The summed E-state index contributed by atoms with van der Waals surface area (Å²) in [6.07, 6.45) is -0.954. The zero-order valence-electron chi connectivity index (χ0n) is 9.73. The Balaban J connectivity index is -0.0000000447. The minimum Gasteiger partial charge on any atom is -1.00 e. The molecule has 0 saturated carbocycles. The minimum absolute atomic E-state index is 0. The topological polar surface area (TPSA) is 216 Å². The van der Waals surface area contributed by atoms with E-state index in [-0.39, 0.29) is 66.0 Å². The fourth-order valence-corrected chi connectivity index (χ4v) is 0.0577. The second kappa shape index (κ2) is 14.2. The quantitative estimate of drug-likeness (QED) is 0.171. The Morgan fingerprint density at radius 3 is 0.941 bits per heavy atom. The summed E-state index contributed by atoms with van der Waals surface area (Å²) in [7, 11) is -9.28. The third-order valence-electron chi connectivity index (χ3n) is 0.421. The van der Waals surface area contributed by atoms with Crippen molar-refractivity contribution in [2.45, 2.75) is 6.10 Å². The number of phosphoric acid groups is 2. The molecular formula is C3H15KO11P2. The standard InChI is InChI=1S/C3H8O3.K.2H3O4P.H/c4-1-3(6)2-5;;2*1-5(2,3)4;/h3-6H,1-2H2;;2*(H3,1,2,3,4);/q;+1;;;-1. The van der Waals surface area contributed by atoms with Crippen LogP contribution in [0.4, 0.5) is 0 Å². The molecule has 17 heavy (non-hydrogen) atoms. The second-order valence-electron chi connectivity index (χ2n) is 2.05. The Morgan fingerprint density at radius 2 is 0.941 bits per heavy atom. The molecule has 0 heterocycles. The van der Waals surface area contributed by atoms with Gasteiger partial charge in [-0.05, 0) is 0 Å². The summed E-state index contributed by atoms with van der Waals surface area (Å²) in [5, 5.41) is 24.0. The molecule has 0 amide bonds. The Kier molecular flexibility index (Phi) is 22.6. The fourth-order valence-electron chi connectivity index (χ4n) is 0.0577. The van der Waals surface area contributed by atoms with E-state index >= 15 is 0 Å². The Morgan fingerprint density at radius 1 is 0.824 bits per heavy atom. The van der Waals surface area contributed by atoms with Crippen molar-refractivity contribution < 1.29 is 107 Å². The van der Waals surface area contributed by atoms with E-state index in [0.29, 0.717) is 0 Å². The van der Waals surface area contributed by atoms with Gasteiger partial charge in [-0.3, -0.25) is 0 Å². The molecule has 0 spiro atoms. The van der Waals surface area contributed by atoms with Crippen LogP contribution in [-0.2, 0) is 9.13 Å². The van der Waals surface area contributed by atoms with Crippen molar-refractivity contribution in [1.82, 2.24) is 0 Å². The van der Waals surface area contributed by atoms with E-state index in [1.165, 1.54) is 0 Å². The van der Waals surface area contributed by atoms with Gasteiger partial charge in [0.05, 0.1) is 13.2 Å². The van der Waals surface area contributed by atoms with Gasteiger partial charge in [0.2, 0.25) is 0 Å². The largest absolute Gasteiger partial charge is 1.00 e. The molecule has 0 aliphatic carbocycles. The van der Waals surface area contributed by atoms with Crippen LogP contribution in [-0.4, -0.2) is 64.0 Å². The van der Waals surface area contributed by atoms with Crippen molar-refractivity contribution in [3.8, 4) is 0 Å². The molecule has 0 unspecified atom stereocenters. The molecule has 14 heteroatoms. The van der Waals surface area contributed by atoms with Gasteiger partial charge in [0.1, 0.15) is 6.10 Å². The summed E-state index contributed by atoms with van der Waals surface area (Å²) in [5.74, 6) is 0. The van der Waals surface area contributed by atoms with Crippen LogP contribution in [0.25, 0.3) is 0 Å². The van der Waals surface area contributed by atoms with Crippen molar-refractivity contribution in [1.29, 1.82) is 0 Å². The van der Waals surface area contributed by atoms with E-state index < -0.39 is 21.7 Å². The van der Waals surface area contributed by atoms with E-state index in [0.717, 1.165) is 0 Å². The second-order valence-corrected chi connectivity index (χ2v) is 4.10. The SMILES string of the molecule is O=P(O)(O)O.O=P(O)(O)O.OCC(O)CO.[H-].[K+]. The Hall–Kier alpha value is 1.74. The van der Waals surface area contributed by atoms with Gasteiger partial charge in [-0.2, -0.15) is 0 Å². The van der Waals surface area contributed by atoms with Crippen molar-refractivity contribution in [2.24, 2.45) is 0 Å². The van der Waals surface area contributed by atoms with Crippen molar-refractivity contribution in [2.75, 3.05) is 13.2 Å². The van der Waals surface area contributed by atoms with Crippen LogP contribution in [0, 0.1) is 0 Å². The van der Waals surface area contributed by atoms with Gasteiger partial charge in [0, 0.05) is 0 Å². The first-order valence-corrected chi connectivity index (χ1v) is 6.40. The summed E-state index contributed by atoms with van der Waals surface area (Å²) in [6.45, 7) is -0.729. The Bertz CT molecular complexity index is 198. The average Bonchev–Trinajstić information content (AvgIpc) is 1.96. The molecule has 0 aliphatic heterocycles. The minimum atomic E-state index is -4.64. The van der Waals surface area contributed by atoms with Gasteiger partial charge in [-0.15, -0.1) is 0 Å². The molecule has 0 aliphatic rings. The van der Waals surface area contributed by atoms with Crippen molar-refractivity contribution in [3.63, 3.8) is 0 Å². The van der Waals surface area contributed by atoms with Crippen molar-refractivity contribution >= 4 is 15.6 Å². The zero-order valence-corrected chi connectivity index (χ0v) is 13.6. The molecule has 0 atom stereocenters. The maximum atomic E-state index is 8.88. The molecule has 9 N–H and O–H groups in total. The van der Waals surface area contributed by atoms with Gasteiger partial charge in [0.15, 0.2) is 0 Å². The summed E-state index contributed by atoms with van der Waals surface area (Å²) in [5.41, 5.74) is 0. The molecule has 0 aromatic rings. The maximum absolute atomic E-state index is 8.88. The van der Waals surface area contributed by atoms with Crippen LogP contribution in [0.5, 0.6) is 0 Å². The van der Waals surface area contributed by atoms with Crippen molar-refractivity contribution in [3.05, 3.63) is 0 Å². The Labute approximate surface area is 140 Å². The molecular weight excluding hydrogens is 313 g/mol. The van der Waals surface area contributed by atoms with Crippen LogP contribution >= 0.6 is 15.6 Å². The third-order valence-corrected chi connectivity index (χ3v) is 0.421. The van der Waals surface area contributed by atoms with Gasteiger partial charge in [0.25, 0.3) is 0 Å². The molecule has 0 fully saturated rings. The number of rotatable bonds is 2. The molecule has 0 aromatic heterocycles. The first-order valence-electron chi connectivity index (χ1n) is 3.27. The van der Waals surface area contributed by atoms with Crippen LogP contribution in [0.3, 0.4) is 0 Å². The third kappa shape index (κ3) is 133. The monoisotopic (exact) mass is 328 g/mol. The molecule has 0 radical (unpaired) electrons. The van der Waals surface area contributed by atoms with Gasteiger partial charge in [-0.1, -0.05) is 0 Å². The molecule has 0 rings (SSSR count). The van der Waals surface area contributed by atoms with E-state index in [2.05, 4.69) is 0 Å². The van der Waals surface area contributed by atoms with Gasteiger partial charge >= 0.3 is 67.0 Å². The van der Waals surface area contributed by atoms with Crippen LogP contribution in [0.2, 0.25) is 0 Å². The number of aliphatic hydroxyl groups excluding tert-OH is 3. The zero-order chi connectivity index (χ0) is 14.0. The first kappa shape index (κ1) is 27.1. The molecule has 11 nitrogen and oxygen atoms in total. The molecule has 0 bridgehead atoms. The van der Waals surface area contributed by atoms with E-state index in [9.17, 15) is 0 Å². The number of hydrogen-bond acceptors (Lipinski definition) is 5. The van der Waals surface area contributed by atoms with Crippen LogP contribution in [0.1, 0.15) is 1.43 Å². The normalized spacial score (nSPS) is 10.5. The predicted molar refractivity (Wildman–Crippen MR) is 49.8 cm³/mol. The fraction of sp³-hybridized carbons (Fsp3) is 1.00. The first-order chi connectivity index (χ1) is 6.81. The molecule has 104 valence electrons. The molecule has 0 aromatic carbocycles. The average molecular weight is 328 g/mol. The summed E-state index contributed by atoms with van der Waals surface area (Å²) >= 11 is 0. The van der Waals surface area contributed by atoms with E-state index in [1.807, 2.05) is 0 Å². The summed E-state index contributed by atoms with van der Waals surface area (Å²) in [4.78, 5) is 43.1.